The molecule has 1 aliphatic heterocycles. The van der Waals surface area contributed by atoms with Crippen molar-refractivity contribution in [2.24, 2.45) is 17.3 Å². The minimum absolute atomic E-state index is 0.0829. The van der Waals surface area contributed by atoms with Crippen LogP contribution in [0.2, 0.25) is 0 Å². The van der Waals surface area contributed by atoms with Crippen LogP contribution in [0.3, 0.4) is 0 Å². The molecule has 2 aromatic rings. The summed E-state index contributed by atoms with van der Waals surface area (Å²) in [5.41, 5.74) is 1.26. The van der Waals surface area contributed by atoms with Crippen molar-refractivity contribution in [1.82, 2.24) is 4.90 Å². The van der Waals surface area contributed by atoms with Crippen LogP contribution in [0.15, 0.2) is 66.2 Å². The number of rotatable bonds is 3. The standard InChI is InChI=1S/C30H29N5O2/c1-29(2,3)22-11-9-21(10-12-22)26-25-16-35(28(36)37-17-20-7-5-4-6-8-20)14-13-23(25)24(15-31)27(34)30(26,18-32)19-33/h4-13,24-26,34H,14,16-17H2,1-3H3/t24?,25-,26+/m0/s1. The Labute approximate surface area is 217 Å². The van der Waals surface area contributed by atoms with E-state index in [1.165, 1.54) is 4.90 Å². The lowest BCUT2D eigenvalue weighted by Crippen LogP contribution is -2.53. The Kier molecular flexibility index (Phi) is 6.88. The van der Waals surface area contributed by atoms with Crippen LogP contribution in [0.4, 0.5) is 4.79 Å². The van der Waals surface area contributed by atoms with Crippen LogP contribution >= 0.6 is 0 Å². The number of nitrogens with zero attached hydrogens (tertiary/aromatic N) is 4. The van der Waals surface area contributed by atoms with E-state index < -0.39 is 29.3 Å². The van der Waals surface area contributed by atoms with E-state index in [0.717, 1.165) is 16.7 Å². The molecule has 7 heteroatoms. The van der Waals surface area contributed by atoms with Crippen LogP contribution in [0, 0.1) is 56.7 Å². The van der Waals surface area contributed by atoms with Crippen molar-refractivity contribution in [1.29, 1.82) is 21.2 Å². The van der Waals surface area contributed by atoms with Crippen LogP contribution in [0.5, 0.6) is 0 Å². The molecule has 0 bridgehead atoms. The Morgan fingerprint density at radius 3 is 2.30 bits per heavy atom. The number of benzene rings is 2. The van der Waals surface area contributed by atoms with E-state index in [9.17, 15) is 20.6 Å². The molecule has 37 heavy (non-hydrogen) atoms. The van der Waals surface area contributed by atoms with Crippen LogP contribution in [0.25, 0.3) is 0 Å². The SMILES string of the molecule is CC(C)(C)c1ccc([C@@H]2[C@H]3CN(C(=O)OCc4ccccc4)CC=C3C(C#N)C(=N)C2(C#N)C#N)cc1. The largest absolute Gasteiger partial charge is 0.445 e. The van der Waals surface area contributed by atoms with Crippen LogP contribution < -0.4 is 0 Å². The zero-order chi connectivity index (χ0) is 26.8. The van der Waals surface area contributed by atoms with E-state index in [-0.39, 0.29) is 30.8 Å². The molecule has 0 radical (unpaired) electrons. The summed E-state index contributed by atoms with van der Waals surface area (Å²) in [4.78, 5) is 14.5. The quantitative estimate of drug-likeness (QED) is 0.570. The van der Waals surface area contributed by atoms with Crippen molar-refractivity contribution < 1.29 is 9.53 Å². The van der Waals surface area contributed by atoms with E-state index in [1.54, 1.807) is 6.08 Å². The Bertz CT molecular complexity index is 1340. The highest BCUT2D eigenvalue weighted by Crippen LogP contribution is 2.53. The molecule has 1 saturated carbocycles. The molecule has 2 aromatic carbocycles. The number of nitrogens with one attached hydrogen (secondary N) is 1. The molecule has 2 aliphatic rings. The maximum atomic E-state index is 13.0. The molecule has 0 saturated heterocycles. The lowest BCUT2D eigenvalue weighted by molar-refractivity contribution is 0.0892. The fourth-order valence-electron chi connectivity index (χ4n) is 5.33. The van der Waals surface area contributed by atoms with Crippen molar-refractivity contribution in [2.45, 2.75) is 38.7 Å². The first kappa shape index (κ1) is 25.7. The zero-order valence-electron chi connectivity index (χ0n) is 21.2. The van der Waals surface area contributed by atoms with Gasteiger partial charge in [-0.15, -0.1) is 0 Å². The molecule has 1 amide bonds. The molecule has 0 aromatic heterocycles. The maximum Gasteiger partial charge on any atom is 0.410 e. The monoisotopic (exact) mass is 491 g/mol. The summed E-state index contributed by atoms with van der Waals surface area (Å²) in [6, 6.07) is 23.5. The molecule has 1 unspecified atom stereocenters. The van der Waals surface area contributed by atoms with Crippen molar-refractivity contribution in [3.8, 4) is 18.2 Å². The number of fused-ring (bicyclic) bond motifs is 1. The smallest absolute Gasteiger partial charge is 0.410 e. The number of hydrogen-bond acceptors (Lipinski definition) is 6. The second-order valence-corrected chi connectivity index (χ2v) is 10.6. The summed E-state index contributed by atoms with van der Waals surface area (Å²) in [5.74, 6) is -2.20. The number of amides is 1. The third-order valence-electron chi connectivity index (χ3n) is 7.39. The summed E-state index contributed by atoms with van der Waals surface area (Å²) in [5, 5.41) is 39.3. The van der Waals surface area contributed by atoms with Gasteiger partial charge in [0.05, 0.1) is 23.9 Å². The molecule has 3 atom stereocenters. The molecule has 1 fully saturated rings. The Hall–Kier alpha value is -4.41. The highest BCUT2D eigenvalue weighted by molar-refractivity contribution is 6.01. The molecular formula is C30H29N5O2. The minimum atomic E-state index is -1.83. The molecule has 1 aliphatic carbocycles. The molecule has 1 N–H and O–H groups in total. The van der Waals surface area contributed by atoms with Crippen molar-refractivity contribution in [3.63, 3.8) is 0 Å². The summed E-state index contributed by atoms with van der Waals surface area (Å²) in [6.45, 7) is 6.85. The Morgan fingerprint density at radius 2 is 1.73 bits per heavy atom. The van der Waals surface area contributed by atoms with Gasteiger partial charge < -0.3 is 15.0 Å². The van der Waals surface area contributed by atoms with Gasteiger partial charge in [0.1, 0.15) is 12.5 Å². The predicted octanol–water partition coefficient (Wildman–Crippen LogP) is 5.47. The van der Waals surface area contributed by atoms with Gasteiger partial charge in [0, 0.05) is 24.9 Å². The zero-order valence-corrected chi connectivity index (χ0v) is 21.2. The number of ether oxygens (including phenoxy) is 1. The van der Waals surface area contributed by atoms with Crippen LogP contribution in [-0.4, -0.2) is 29.8 Å². The molecule has 1 heterocycles. The van der Waals surface area contributed by atoms with E-state index in [4.69, 9.17) is 10.1 Å². The van der Waals surface area contributed by atoms with Gasteiger partial charge >= 0.3 is 6.09 Å². The predicted molar refractivity (Wildman–Crippen MR) is 138 cm³/mol. The first-order chi connectivity index (χ1) is 17.7. The third kappa shape index (κ3) is 4.59. The number of carbonyl (C=O) groups excluding carboxylic acids is 1. The summed E-state index contributed by atoms with van der Waals surface area (Å²) >= 11 is 0. The summed E-state index contributed by atoms with van der Waals surface area (Å²) in [7, 11) is 0. The van der Waals surface area contributed by atoms with E-state index in [2.05, 4.69) is 39.0 Å². The van der Waals surface area contributed by atoms with E-state index >= 15 is 0 Å². The molecule has 4 rings (SSSR count). The summed E-state index contributed by atoms with van der Waals surface area (Å²) in [6.07, 6.45) is 1.28. The Balaban J connectivity index is 1.72. The van der Waals surface area contributed by atoms with Crippen molar-refractivity contribution in [2.75, 3.05) is 13.1 Å². The van der Waals surface area contributed by atoms with Gasteiger partial charge in [-0.2, -0.15) is 15.8 Å². The molecular weight excluding hydrogens is 462 g/mol. The lowest BCUT2D eigenvalue weighted by atomic mass is 9.54. The average Bonchev–Trinajstić information content (AvgIpc) is 2.91. The second kappa shape index (κ2) is 9.92. The van der Waals surface area contributed by atoms with Gasteiger partial charge in [-0.1, -0.05) is 81.4 Å². The van der Waals surface area contributed by atoms with Crippen LogP contribution in [0.1, 0.15) is 43.4 Å². The van der Waals surface area contributed by atoms with E-state index in [1.807, 2.05) is 54.6 Å². The second-order valence-electron chi connectivity index (χ2n) is 10.6. The average molecular weight is 492 g/mol. The molecule has 0 spiro atoms. The van der Waals surface area contributed by atoms with Gasteiger partial charge in [-0.05, 0) is 27.7 Å². The van der Waals surface area contributed by atoms with Gasteiger partial charge in [-0.25, -0.2) is 4.79 Å². The van der Waals surface area contributed by atoms with Crippen LogP contribution in [-0.2, 0) is 16.8 Å². The first-order valence-corrected chi connectivity index (χ1v) is 12.2. The number of hydrogen-bond donors (Lipinski definition) is 1. The number of nitriles is 3. The van der Waals surface area contributed by atoms with Gasteiger partial charge in [0.25, 0.3) is 0 Å². The number of carbonyl (C=O) groups is 1. The Morgan fingerprint density at radius 1 is 1.08 bits per heavy atom. The highest BCUT2D eigenvalue weighted by atomic mass is 16.6. The topological polar surface area (TPSA) is 125 Å². The normalized spacial score (nSPS) is 22.5. The first-order valence-electron chi connectivity index (χ1n) is 12.2. The molecule has 186 valence electrons. The highest BCUT2D eigenvalue weighted by Gasteiger charge is 2.58. The van der Waals surface area contributed by atoms with Gasteiger partial charge in [-0.3, -0.25) is 0 Å². The maximum absolute atomic E-state index is 13.0. The minimum Gasteiger partial charge on any atom is -0.445 e. The fourth-order valence-corrected chi connectivity index (χ4v) is 5.33. The third-order valence-corrected chi connectivity index (χ3v) is 7.39. The van der Waals surface area contributed by atoms with Gasteiger partial charge in [0.2, 0.25) is 0 Å². The van der Waals surface area contributed by atoms with Crippen molar-refractivity contribution in [3.05, 3.63) is 82.9 Å². The summed E-state index contributed by atoms with van der Waals surface area (Å²) < 4.78 is 5.54. The van der Waals surface area contributed by atoms with E-state index in [0.29, 0.717) is 5.57 Å². The molecule has 7 nitrogen and oxygen atoms in total. The fraction of sp³-hybridized carbons (Fsp3) is 0.367. The van der Waals surface area contributed by atoms with Crippen molar-refractivity contribution >= 4 is 11.8 Å². The lowest BCUT2D eigenvalue weighted by Gasteiger charge is -2.47. The van der Waals surface area contributed by atoms with Gasteiger partial charge in [0.15, 0.2) is 5.41 Å².